The van der Waals surface area contributed by atoms with Gasteiger partial charge >= 0.3 is 6.18 Å². The first kappa shape index (κ1) is 29.8. The van der Waals surface area contributed by atoms with Crippen LogP contribution >= 0.6 is 0 Å². The Hall–Kier alpha value is -3.67. The molecule has 4 heterocycles. The minimum Gasteiger partial charge on any atom is -0.368 e. The highest BCUT2D eigenvalue weighted by Crippen LogP contribution is 2.41. The molecule has 0 aliphatic carbocycles. The summed E-state index contributed by atoms with van der Waals surface area (Å²) < 4.78 is 41.0. The molecule has 9 nitrogen and oxygen atoms in total. The van der Waals surface area contributed by atoms with Gasteiger partial charge in [-0.2, -0.15) is 13.2 Å². The molecule has 3 aliphatic rings. The highest BCUT2D eigenvalue weighted by atomic mass is 19.4. The topological polar surface area (TPSA) is 80.3 Å². The number of fused-ring (bicyclic) bond motifs is 2. The van der Waals surface area contributed by atoms with E-state index in [1.807, 2.05) is 25.1 Å². The van der Waals surface area contributed by atoms with Gasteiger partial charge in [0.15, 0.2) is 0 Å². The molecule has 226 valence electrons. The molecule has 0 unspecified atom stereocenters. The SMILES string of the molecule is Cc1cc(C(F)(F)F)cc(N2C(=O)C[C@@H]3CN(CCN4CC[C@H](C(=O)N(C)C)C4)c4c(C)cccc4N(C)C(=O)[C@H]32)n1. The maximum atomic E-state index is 14.0. The van der Waals surface area contributed by atoms with Gasteiger partial charge < -0.3 is 19.6 Å². The van der Waals surface area contributed by atoms with E-state index in [0.29, 0.717) is 31.9 Å². The van der Waals surface area contributed by atoms with Crippen molar-refractivity contribution in [1.29, 1.82) is 0 Å². The van der Waals surface area contributed by atoms with Gasteiger partial charge in [0.2, 0.25) is 17.7 Å². The maximum Gasteiger partial charge on any atom is 0.416 e. The van der Waals surface area contributed by atoms with E-state index in [9.17, 15) is 27.6 Å². The Morgan fingerprint density at radius 2 is 1.83 bits per heavy atom. The van der Waals surface area contributed by atoms with Crippen molar-refractivity contribution in [2.45, 2.75) is 38.9 Å². The van der Waals surface area contributed by atoms with E-state index in [1.54, 1.807) is 26.0 Å². The number of likely N-dealkylation sites (N-methyl/N-ethyl adjacent to an activating group) is 1. The first-order valence-corrected chi connectivity index (χ1v) is 14.2. The molecule has 1 aromatic carbocycles. The number of benzene rings is 1. The smallest absolute Gasteiger partial charge is 0.368 e. The predicted octanol–water partition coefficient (Wildman–Crippen LogP) is 3.33. The molecule has 2 aromatic rings. The van der Waals surface area contributed by atoms with Gasteiger partial charge in [-0.3, -0.25) is 19.3 Å². The Labute approximate surface area is 243 Å². The summed E-state index contributed by atoms with van der Waals surface area (Å²) in [5.41, 5.74) is 1.75. The molecule has 0 radical (unpaired) electrons. The van der Waals surface area contributed by atoms with Crippen LogP contribution in [-0.4, -0.2) is 92.4 Å². The van der Waals surface area contributed by atoms with Crippen LogP contribution in [0, 0.1) is 25.7 Å². The monoisotopic (exact) mass is 586 g/mol. The number of aromatic nitrogens is 1. The van der Waals surface area contributed by atoms with Gasteiger partial charge in [-0.05, 0) is 50.6 Å². The van der Waals surface area contributed by atoms with Crippen LogP contribution in [-0.2, 0) is 20.6 Å². The Balaban J connectivity index is 1.47. The Morgan fingerprint density at radius 1 is 1.10 bits per heavy atom. The van der Waals surface area contributed by atoms with Crippen molar-refractivity contribution in [3.05, 3.63) is 47.2 Å². The Kier molecular flexibility index (Phi) is 7.95. The number of hydrogen-bond donors (Lipinski definition) is 0. The fourth-order valence-electron chi connectivity index (χ4n) is 6.57. The van der Waals surface area contributed by atoms with Gasteiger partial charge in [0, 0.05) is 65.4 Å². The minimum atomic E-state index is -4.62. The fraction of sp³-hybridized carbons (Fsp3) is 0.533. The number of carbonyl (C=O) groups is 3. The number of para-hydroxylation sites is 1. The number of hydrogen-bond acceptors (Lipinski definition) is 6. The zero-order valence-electron chi connectivity index (χ0n) is 24.6. The molecule has 42 heavy (non-hydrogen) atoms. The third kappa shape index (κ3) is 5.56. The molecule has 2 fully saturated rings. The lowest BCUT2D eigenvalue weighted by Gasteiger charge is -2.40. The molecule has 12 heteroatoms. The largest absolute Gasteiger partial charge is 0.416 e. The summed E-state index contributed by atoms with van der Waals surface area (Å²) in [6.45, 7) is 6.55. The minimum absolute atomic E-state index is 0.0159. The second-order valence-electron chi connectivity index (χ2n) is 11.8. The van der Waals surface area contributed by atoms with E-state index >= 15 is 0 Å². The lowest BCUT2D eigenvalue weighted by atomic mass is 9.95. The summed E-state index contributed by atoms with van der Waals surface area (Å²) in [6.07, 6.45) is -3.81. The van der Waals surface area contributed by atoms with Crippen molar-refractivity contribution < 1.29 is 27.6 Å². The molecular formula is C30H37F3N6O3. The Morgan fingerprint density at radius 3 is 2.52 bits per heavy atom. The standard InChI is InChI=1S/C30H37F3N6O3/c1-18-7-6-8-23-26(18)38(12-11-37-10-9-20(16-37)28(41)35(3)4)17-21-14-25(40)39(27(21)29(42)36(23)5)24-15-22(30(31,32)33)13-19(2)34-24/h6-8,13,15,20-21,27H,9-12,14,16-17H2,1-5H3/t20-,21+,27-/m0/s1. The van der Waals surface area contributed by atoms with E-state index < -0.39 is 29.6 Å². The van der Waals surface area contributed by atoms with E-state index in [1.165, 1.54) is 16.7 Å². The number of likely N-dealkylation sites (tertiary alicyclic amines) is 1. The van der Waals surface area contributed by atoms with Gasteiger partial charge in [-0.1, -0.05) is 12.1 Å². The second-order valence-corrected chi connectivity index (χ2v) is 11.8. The molecule has 0 N–H and O–H groups in total. The molecule has 0 spiro atoms. The van der Waals surface area contributed by atoms with Crippen LogP contribution in [0.15, 0.2) is 30.3 Å². The number of aryl methyl sites for hydroxylation is 2. The van der Waals surface area contributed by atoms with Crippen LogP contribution in [0.2, 0.25) is 0 Å². The highest BCUT2D eigenvalue weighted by Gasteiger charge is 2.49. The van der Waals surface area contributed by atoms with Crippen LogP contribution in [0.5, 0.6) is 0 Å². The molecule has 3 aliphatic heterocycles. The number of anilines is 3. The molecular weight excluding hydrogens is 549 g/mol. The van der Waals surface area contributed by atoms with Gasteiger partial charge in [0.25, 0.3) is 0 Å². The molecule has 0 saturated carbocycles. The van der Waals surface area contributed by atoms with Crippen molar-refractivity contribution >= 4 is 34.9 Å². The van der Waals surface area contributed by atoms with E-state index in [2.05, 4.69) is 14.8 Å². The molecule has 5 rings (SSSR count). The number of alkyl halides is 3. The summed E-state index contributed by atoms with van der Waals surface area (Å²) in [4.78, 5) is 53.0. The summed E-state index contributed by atoms with van der Waals surface area (Å²) >= 11 is 0. The highest BCUT2D eigenvalue weighted by molar-refractivity contribution is 6.10. The molecule has 0 bridgehead atoms. The van der Waals surface area contributed by atoms with Crippen LogP contribution in [0.4, 0.5) is 30.4 Å². The summed E-state index contributed by atoms with van der Waals surface area (Å²) in [7, 11) is 5.17. The second kappa shape index (κ2) is 11.2. The lowest BCUT2D eigenvalue weighted by Crippen LogP contribution is -2.53. The van der Waals surface area contributed by atoms with Gasteiger partial charge in [-0.25, -0.2) is 4.98 Å². The predicted molar refractivity (Wildman–Crippen MR) is 153 cm³/mol. The third-order valence-corrected chi connectivity index (χ3v) is 8.63. The molecule has 3 atom stereocenters. The summed E-state index contributed by atoms with van der Waals surface area (Å²) in [6, 6.07) is 6.48. The van der Waals surface area contributed by atoms with Crippen LogP contribution in [0.25, 0.3) is 0 Å². The third-order valence-electron chi connectivity index (χ3n) is 8.63. The molecule has 1 aromatic heterocycles. The average Bonchev–Trinajstić information content (AvgIpc) is 3.52. The van der Waals surface area contributed by atoms with Crippen molar-refractivity contribution in [2.24, 2.45) is 11.8 Å². The van der Waals surface area contributed by atoms with E-state index in [4.69, 9.17) is 0 Å². The van der Waals surface area contributed by atoms with Crippen LogP contribution < -0.4 is 14.7 Å². The number of pyridine rings is 1. The molecule has 3 amide bonds. The lowest BCUT2D eigenvalue weighted by molar-refractivity contribution is -0.137. The van der Waals surface area contributed by atoms with E-state index in [-0.39, 0.29) is 35.7 Å². The first-order valence-electron chi connectivity index (χ1n) is 14.2. The van der Waals surface area contributed by atoms with Crippen molar-refractivity contribution in [2.75, 3.05) is 68.6 Å². The fourth-order valence-corrected chi connectivity index (χ4v) is 6.57. The van der Waals surface area contributed by atoms with Gasteiger partial charge in [-0.15, -0.1) is 0 Å². The van der Waals surface area contributed by atoms with Crippen LogP contribution in [0.3, 0.4) is 0 Å². The quantitative estimate of drug-likeness (QED) is 0.535. The maximum absolute atomic E-state index is 14.0. The summed E-state index contributed by atoms with van der Waals surface area (Å²) in [5.74, 6) is -1.33. The average molecular weight is 587 g/mol. The van der Waals surface area contributed by atoms with Gasteiger partial charge in [0.1, 0.15) is 11.9 Å². The zero-order valence-corrected chi connectivity index (χ0v) is 24.6. The zero-order chi connectivity index (χ0) is 30.5. The number of carbonyl (C=O) groups excluding carboxylic acids is 3. The van der Waals surface area contributed by atoms with Crippen molar-refractivity contribution in [1.82, 2.24) is 14.8 Å². The van der Waals surface area contributed by atoms with Gasteiger partial charge in [0.05, 0.1) is 22.9 Å². The Bertz CT molecular complexity index is 1400. The number of rotatable bonds is 5. The normalized spacial score (nSPS) is 23.1. The number of nitrogens with zero attached hydrogens (tertiary/aromatic N) is 6. The van der Waals surface area contributed by atoms with Crippen molar-refractivity contribution in [3.63, 3.8) is 0 Å². The van der Waals surface area contributed by atoms with Crippen LogP contribution in [0.1, 0.15) is 29.7 Å². The first-order chi connectivity index (χ1) is 19.8. The summed E-state index contributed by atoms with van der Waals surface area (Å²) in [5, 5.41) is 0. The molecule has 2 saturated heterocycles. The number of amides is 3. The van der Waals surface area contributed by atoms with Crippen molar-refractivity contribution in [3.8, 4) is 0 Å². The number of halogens is 3. The van der Waals surface area contributed by atoms with E-state index in [0.717, 1.165) is 36.3 Å².